The van der Waals surface area contributed by atoms with Crippen LogP contribution >= 0.6 is 22.6 Å². The van der Waals surface area contributed by atoms with Gasteiger partial charge in [-0.2, -0.15) is 0 Å². The Morgan fingerprint density at radius 3 is 2.38 bits per heavy atom. The van der Waals surface area contributed by atoms with Gasteiger partial charge < -0.3 is 10.1 Å². The predicted molar refractivity (Wildman–Crippen MR) is 86.9 cm³/mol. The molecular weight excluding hydrogens is 383 g/mol. The van der Waals surface area contributed by atoms with Gasteiger partial charge in [0.1, 0.15) is 0 Å². The number of carbonyl (C=O) groups excluding carboxylic acids is 2. The second kappa shape index (κ2) is 7.16. The van der Waals surface area contributed by atoms with Crippen molar-refractivity contribution in [3.8, 4) is 0 Å². The minimum Gasteiger partial charge on any atom is -0.449 e. The van der Waals surface area contributed by atoms with E-state index < -0.39 is 12.1 Å². The maximum atomic E-state index is 12.0. The molecule has 21 heavy (non-hydrogen) atoms. The molecule has 108 valence electrons. The van der Waals surface area contributed by atoms with Crippen molar-refractivity contribution in [3.63, 3.8) is 0 Å². The molecule has 0 saturated carbocycles. The largest absolute Gasteiger partial charge is 0.449 e. The zero-order valence-electron chi connectivity index (χ0n) is 11.2. The number of halogens is 1. The number of hydrogen-bond donors (Lipinski definition) is 1. The highest BCUT2D eigenvalue weighted by Crippen LogP contribution is 2.12. The van der Waals surface area contributed by atoms with Crippen LogP contribution in [0.2, 0.25) is 0 Å². The van der Waals surface area contributed by atoms with Gasteiger partial charge in [-0.05, 0) is 65.9 Å². The highest BCUT2D eigenvalue weighted by Gasteiger charge is 2.18. The lowest BCUT2D eigenvalue weighted by molar-refractivity contribution is -0.123. The molecule has 1 aromatic carbocycles. The molecule has 6 heteroatoms. The third-order valence-electron chi connectivity index (χ3n) is 2.68. The average Bonchev–Trinajstić information content (AvgIpc) is 2.50. The maximum absolute atomic E-state index is 12.0. The summed E-state index contributed by atoms with van der Waals surface area (Å²) >= 11 is 2.18. The lowest BCUT2D eigenvalue weighted by Gasteiger charge is -2.13. The van der Waals surface area contributed by atoms with Crippen LogP contribution in [0.25, 0.3) is 0 Å². The Bertz CT molecular complexity index is 629. The summed E-state index contributed by atoms with van der Waals surface area (Å²) in [7, 11) is 0. The molecule has 5 nitrogen and oxygen atoms in total. The van der Waals surface area contributed by atoms with E-state index in [9.17, 15) is 9.59 Å². The first kappa shape index (κ1) is 15.4. The van der Waals surface area contributed by atoms with Gasteiger partial charge in [0.15, 0.2) is 6.10 Å². The van der Waals surface area contributed by atoms with Crippen LogP contribution in [0.4, 0.5) is 5.69 Å². The molecule has 0 spiro atoms. The number of nitrogens with zero attached hydrogens (tertiary/aromatic N) is 1. The van der Waals surface area contributed by atoms with Crippen LogP contribution in [0.1, 0.15) is 17.3 Å². The molecule has 0 saturated heterocycles. The Morgan fingerprint density at radius 1 is 1.14 bits per heavy atom. The number of anilines is 1. The first-order valence-corrected chi connectivity index (χ1v) is 7.31. The quantitative estimate of drug-likeness (QED) is 0.638. The van der Waals surface area contributed by atoms with E-state index in [0.29, 0.717) is 11.3 Å². The van der Waals surface area contributed by atoms with Crippen molar-refractivity contribution in [2.45, 2.75) is 13.0 Å². The fourth-order valence-electron chi connectivity index (χ4n) is 1.55. The van der Waals surface area contributed by atoms with E-state index in [1.807, 2.05) is 12.1 Å². The third-order valence-corrected chi connectivity index (χ3v) is 3.40. The molecule has 1 heterocycles. The lowest BCUT2D eigenvalue weighted by Crippen LogP contribution is -2.30. The van der Waals surface area contributed by atoms with Gasteiger partial charge in [-0.15, -0.1) is 0 Å². The number of aromatic nitrogens is 1. The van der Waals surface area contributed by atoms with Crippen molar-refractivity contribution < 1.29 is 14.3 Å². The van der Waals surface area contributed by atoms with Gasteiger partial charge >= 0.3 is 5.97 Å². The van der Waals surface area contributed by atoms with Crippen molar-refractivity contribution in [2.24, 2.45) is 0 Å². The van der Waals surface area contributed by atoms with Crippen molar-refractivity contribution in [3.05, 3.63) is 57.9 Å². The van der Waals surface area contributed by atoms with Crippen molar-refractivity contribution in [2.75, 3.05) is 5.32 Å². The van der Waals surface area contributed by atoms with E-state index in [1.54, 1.807) is 12.1 Å². The summed E-state index contributed by atoms with van der Waals surface area (Å²) < 4.78 is 6.19. The van der Waals surface area contributed by atoms with Gasteiger partial charge in [0.05, 0.1) is 5.56 Å². The highest BCUT2D eigenvalue weighted by molar-refractivity contribution is 14.1. The fourth-order valence-corrected chi connectivity index (χ4v) is 1.91. The second-order valence-electron chi connectivity index (χ2n) is 4.28. The van der Waals surface area contributed by atoms with Crippen molar-refractivity contribution in [1.29, 1.82) is 0 Å². The molecule has 1 atom stereocenters. The van der Waals surface area contributed by atoms with Gasteiger partial charge in [0.25, 0.3) is 5.91 Å². The number of rotatable bonds is 4. The maximum Gasteiger partial charge on any atom is 0.339 e. The Balaban J connectivity index is 1.93. The molecule has 0 aliphatic rings. The number of esters is 1. The van der Waals surface area contributed by atoms with Crippen LogP contribution < -0.4 is 5.32 Å². The fraction of sp³-hybridized carbons (Fsp3) is 0.133. The van der Waals surface area contributed by atoms with Gasteiger partial charge in [-0.3, -0.25) is 9.78 Å². The first-order valence-electron chi connectivity index (χ1n) is 6.23. The summed E-state index contributed by atoms with van der Waals surface area (Å²) in [6.45, 7) is 1.53. The van der Waals surface area contributed by atoms with E-state index in [-0.39, 0.29) is 5.91 Å². The molecule has 0 bridgehead atoms. The number of nitrogens with one attached hydrogen (secondary N) is 1. The molecule has 1 N–H and O–H groups in total. The number of amides is 1. The zero-order valence-corrected chi connectivity index (χ0v) is 13.4. The molecule has 0 fully saturated rings. The Hall–Kier alpha value is -1.96. The predicted octanol–water partition coefficient (Wildman–Crippen LogP) is 2.87. The number of carbonyl (C=O) groups is 2. The molecule has 2 rings (SSSR count). The first-order chi connectivity index (χ1) is 10.1. The SMILES string of the molecule is CC(OC(=O)c1ccncc1)C(=O)Nc1ccc(I)cc1. The monoisotopic (exact) mass is 396 g/mol. The summed E-state index contributed by atoms with van der Waals surface area (Å²) in [5, 5.41) is 2.69. The summed E-state index contributed by atoms with van der Waals surface area (Å²) in [4.78, 5) is 27.6. The zero-order chi connectivity index (χ0) is 15.2. The number of pyridine rings is 1. The Morgan fingerprint density at radius 2 is 1.76 bits per heavy atom. The minimum absolute atomic E-state index is 0.360. The van der Waals surface area contributed by atoms with E-state index in [1.165, 1.54) is 31.5 Å². The molecular formula is C15H13IN2O3. The lowest BCUT2D eigenvalue weighted by atomic mass is 10.2. The summed E-state index contributed by atoms with van der Waals surface area (Å²) in [6.07, 6.45) is 2.10. The van der Waals surface area contributed by atoms with Crippen molar-refractivity contribution in [1.82, 2.24) is 4.98 Å². The van der Waals surface area contributed by atoms with E-state index in [2.05, 4.69) is 32.9 Å². The minimum atomic E-state index is -0.884. The summed E-state index contributed by atoms with van der Waals surface area (Å²) in [6, 6.07) is 10.4. The average molecular weight is 396 g/mol. The van der Waals surface area contributed by atoms with Gasteiger partial charge in [-0.1, -0.05) is 0 Å². The van der Waals surface area contributed by atoms with E-state index >= 15 is 0 Å². The van der Waals surface area contributed by atoms with Gasteiger partial charge in [0.2, 0.25) is 0 Å². The third kappa shape index (κ3) is 4.52. The summed E-state index contributed by atoms with van der Waals surface area (Å²) in [5.74, 6) is -0.929. The molecule has 1 unspecified atom stereocenters. The number of hydrogen-bond acceptors (Lipinski definition) is 4. The van der Waals surface area contributed by atoms with Gasteiger partial charge in [-0.25, -0.2) is 4.79 Å². The van der Waals surface area contributed by atoms with Gasteiger partial charge in [0, 0.05) is 21.7 Å². The van der Waals surface area contributed by atoms with Crippen LogP contribution in [-0.2, 0) is 9.53 Å². The number of benzene rings is 1. The summed E-state index contributed by atoms with van der Waals surface area (Å²) in [5.41, 5.74) is 1.02. The Kier molecular flexibility index (Phi) is 5.26. The molecule has 1 aromatic heterocycles. The normalized spacial score (nSPS) is 11.5. The number of ether oxygens (including phenoxy) is 1. The van der Waals surface area contributed by atoms with Crippen LogP contribution in [0.15, 0.2) is 48.8 Å². The molecule has 0 radical (unpaired) electrons. The molecule has 0 aliphatic heterocycles. The van der Waals surface area contributed by atoms with Crippen molar-refractivity contribution >= 4 is 40.2 Å². The second-order valence-corrected chi connectivity index (χ2v) is 5.53. The Labute approximate surface area is 135 Å². The topological polar surface area (TPSA) is 68.3 Å². The van der Waals surface area contributed by atoms with Crippen LogP contribution in [0.3, 0.4) is 0 Å². The molecule has 0 aliphatic carbocycles. The smallest absolute Gasteiger partial charge is 0.339 e. The highest BCUT2D eigenvalue weighted by atomic mass is 127. The molecule has 1 amide bonds. The van der Waals surface area contributed by atoms with Crippen LogP contribution in [0, 0.1) is 3.57 Å². The van der Waals surface area contributed by atoms with Crippen LogP contribution in [0.5, 0.6) is 0 Å². The van der Waals surface area contributed by atoms with E-state index in [4.69, 9.17) is 4.74 Å². The molecule has 2 aromatic rings. The van der Waals surface area contributed by atoms with E-state index in [0.717, 1.165) is 3.57 Å². The van der Waals surface area contributed by atoms with Crippen LogP contribution in [-0.4, -0.2) is 23.0 Å². The standard InChI is InChI=1S/C15H13IN2O3/c1-10(21-15(20)11-6-8-17-9-7-11)14(19)18-13-4-2-12(16)3-5-13/h2-10H,1H3,(H,18,19).